The number of thiazole rings is 1. The molecule has 0 aliphatic carbocycles. The van der Waals surface area contributed by atoms with Gasteiger partial charge >= 0.3 is 5.97 Å². The first-order chi connectivity index (χ1) is 20.9. The number of nitrogens with zero attached hydrogens (tertiary/aromatic N) is 2. The molecule has 1 aliphatic rings. The topological polar surface area (TPSA) is 83.0 Å². The molecule has 3 heterocycles. The number of aromatic nitrogens is 1. The average molecular weight is 632 g/mol. The molecule has 6 rings (SSSR count). The molecule has 0 saturated heterocycles. The minimum atomic E-state index is -0.795. The molecule has 5 aromatic rings. The molecule has 0 N–H and O–H groups in total. The Balaban J connectivity index is 1.56. The Hall–Kier alpha value is -4.37. The molecule has 2 aromatic heterocycles. The molecule has 0 fully saturated rings. The largest absolute Gasteiger partial charge is 0.497 e. The van der Waals surface area contributed by atoms with Crippen LogP contribution >= 0.6 is 34.5 Å². The lowest BCUT2D eigenvalue weighted by molar-refractivity contribution is -0.138. The van der Waals surface area contributed by atoms with Gasteiger partial charge in [-0.2, -0.15) is 0 Å². The molecule has 216 valence electrons. The van der Waals surface area contributed by atoms with Crippen LogP contribution in [0.5, 0.6) is 5.75 Å². The smallest absolute Gasteiger partial charge is 0.338 e. The van der Waals surface area contributed by atoms with Crippen molar-refractivity contribution in [3.63, 3.8) is 0 Å². The number of hydrogen-bond acceptors (Lipinski definition) is 7. The van der Waals surface area contributed by atoms with Gasteiger partial charge in [0.05, 0.1) is 40.6 Å². The SMILES string of the molecule is CCOC(=O)C1=C(c2ccccc2)N=c2s/c(=C\c3ccc(-c4cc(Cl)ccc4Cl)o3)c(=O)n2[C@@H]1c1ccc(OC)cc1. The quantitative estimate of drug-likeness (QED) is 0.191. The highest BCUT2D eigenvalue weighted by atomic mass is 35.5. The number of halogens is 2. The van der Waals surface area contributed by atoms with Gasteiger partial charge in [-0.05, 0) is 55.0 Å². The van der Waals surface area contributed by atoms with E-state index in [0.29, 0.717) is 53.5 Å². The molecule has 3 aromatic carbocycles. The van der Waals surface area contributed by atoms with Gasteiger partial charge in [-0.25, -0.2) is 9.79 Å². The second-order valence-corrected chi connectivity index (χ2v) is 11.4. The van der Waals surface area contributed by atoms with Crippen molar-refractivity contribution in [3.05, 3.63) is 137 Å². The Morgan fingerprint density at radius 2 is 1.81 bits per heavy atom. The van der Waals surface area contributed by atoms with E-state index in [1.165, 1.54) is 15.9 Å². The van der Waals surface area contributed by atoms with Crippen LogP contribution in [-0.2, 0) is 9.53 Å². The van der Waals surface area contributed by atoms with Gasteiger partial charge in [0.2, 0.25) is 0 Å². The first-order valence-electron chi connectivity index (χ1n) is 13.4. The predicted molar refractivity (Wildman–Crippen MR) is 168 cm³/mol. The summed E-state index contributed by atoms with van der Waals surface area (Å²) in [5, 5.41) is 1.01. The minimum Gasteiger partial charge on any atom is -0.497 e. The fraction of sp³-hybridized carbons (Fsp3) is 0.121. The third-order valence-corrected chi connectivity index (χ3v) is 8.45. The van der Waals surface area contributed by atoms with Crippen LogP contribution in [0.25, 0.3) is 23.1 Å². The zero-order chi connectivity index (χ0) is 30.1. The van der Waals surface area contributed by atoms with E-state index in [1.807, 2.05) is 42.5 Å². The monoisotopic (exact) mass is 630 g/mol. The van der Waals surface area contributed by atoms with E-state index in [4.69, 9.17) is 42.1 Å². The maximum atomic E-state index is 14.1. The summed E-state index contributed by atoms with van der Waals surface area (Å²) < 4.78 is 18.8. The zero-order valence-corrected chi connectivity index (χ0v) is 25.4. The predicted octanol–water partition coefficient (Wildman–Crippen LogP) is 6.51. The Bertz CT molecular complexity index is 2040. The highest BCUT2D eigenvalue weighted by Crippen LogP contribution is 2.36. The van der Waals surface area contributed by atoms with Gasteiger partial charge in [0.1, 0.15) is 17.3 Å². The molecular weight excluding hydrogens is 607 g/mol. The van der Waals surface area contributed by atoms with Gasteiger partial charge in [-0.15, -0.1) is 0 Å². The molecular formula is C33H24Cl2N2O5S. The van der Waals surface area contributed by atoms with Crippen molar-refractivity contribution >= 4 is 52.3 Å². The van der Waals surface area contributed by atoms with Crippen molar-refractivity contribution in [2.75, 3.05) is 13.7 Å². The first kappa shape index (κ1) is 28.7. The van der Waals surface area contributed by atoms with Crippen molar-refractivity contribution in [2.45, 2.75) is 13.0 Å². The van der Waals surface area contributed by atoms with Gasteiger partial charge < -0.3 is 13.9 Å². The Morgan fingerprint density at radius 3 is 2.53 bits per heavy atom. The maximum absolute atomic E-state index is 14.1. The number of benzene rings is 3. The van der Waals surface area contributed by atoms with Crippen LogP contribution in [0.15, 0.2) is 105 Å². The summed E-state index contributed by atoms with van der Waals surface area (Å²) in [5.41, 5.74) is 2.47. The lowest BCUT2D eigenvalue weighted by Gasteiger charge is -2.26. The number of carbonyl (C=O) groups excluding carboxylic acids is 1. The summed E-state index contributed by atoms with van der Waals surface area (Å²) in [6, 6.07) is 24.5. The lowest BCUT2D eigenvalue weighted by Crippen LogP contribution is -2.40. The van der Waals surface area contributed by atoms with Crippen molar-refractivity contribution in [3.8, 4) is 17.1 Å². The highest BCUT2D eigenvalue weighted by molar-refractivity contribution is 7.07. The van der Waals surface area contributed by atoms with E-state index in [2.05, 4.69) is 0 Å². The first-order valence-corrected chi connectivity index (χ1v) is 14.9. The molecule has 1 atom stereocenters. The number of hydrogen-bond donors (Lipinski definition) is 0. The molecule has 0 bridgehead atoms. The minimum absolute atomic E-state index is 0.168. The van der Waals surface area contributed by atoms with Crippen LogP contribution in [0.4, 0.5) is 0 Å². The fourth-order valence-corrected chi connectivity index (χ4v) is 6.30. The molecule has 7 nitrogen and oxygen atoms in total. The number of rotatable bonds is 7. The number of furan rings is 1. The number of methoxy groups -OCH3 is 1. The standard InChI is InChI=1S/C33H24Cl2N2O5S/c1-3-41-32(39)28-29(19-7-5-4-6-8-19)36-33-37(30(28)20-9-12-22(40-2)13-10-20)31(38)27(43-33)18-23-14-16-26(42-23)24-17-21(34)11-15-25(24)35/h4-18,30H,3H2,1-2H3/b27-18-/t30-/m1/s1. The molecule has 1 aliphatic heterocycles. The summed E-state index contributed by atoms with van der Waals surface area (Å²) in [4.78, 5) is 32.9. The summed E-state index contributed by atoms with van der Waals surface area (Å²) in [6.07, 6.45) is 1.66. The van der Waals surface area contributed by atoms with E-state index in [9.17, 15) is 9.59 Å². The van der Waals surface area contributed by atoms with Gasteiger partial charge in [0, 0.05) is 22.2 Å². The summed E-state index contributed by atoms with van der Waals surface area (Å²) >= 11 is 13.7. The molecule has 0 radical (unpaired) electrons. The van der Waals surface area contributed by atoms with Crippen LogP contribution < -0.4 is 19.6 Å². The van der Waals surface area contributed by atoms with Crippen molar-refractivity contribution in [1.29, 1.82) is 0 Å². The van der Waals surface area contributed by atoms with E-state index in [-0.39, 0.29) is 17.7 Å². The Morgan fingerprint density at radius 1 is 1.05 bits per heavy atom. The van der Waals surface area contributed by atoms with Crippen molar-refractivity contribution in [2.24, 2.45) is 4.99 Å². The van der Waals surface area contributed by atoms with E-state index in [1.54, 1.807) is 62.6 Å². The van der Waals surface area contributed by atoms with Crippen molar-refractivity contribution in [1.82, 2.24) is 4.57 Å². The van der Waals surface area contributed by atoms with Crippen LogP contribution in [0.3, 0.4) is 0 Å². The third-order valence-electron chi connectivity index (χ3n) is 6.90. The lowest BCUT2D eigenvalue weighted by atomic mass is 9.93. The number of fused-ring (bicyclic) bond motifs is 1. The van der Waals surface area contributed by atoms with Gasteiger partial charge in [0.25, 0.3) is 5.56 Å². The molecule has 0 unspecified atom stereocenters. The van der Waals surface area contributed by atoms with Crippen molar-refractivity contribution < 1.29 is 18.7 Å². The zero-order valence-electron chi connectivity index (χ0n) is 23.0. The molecule has 0 saturated carbocycles. The third kappa shape index (κ3) is 5.57. The highest BCUT2D eigenvalue weighted by Gasteiger charge is 2.35. The van der Waals surface area contributed by atoms with Crippen LogP contribution in [0.1, 0.15) is 29.9 Å². The van der Waals surface area contributed by atoms with Crippen LogP contribution in [0, 0.1) is 0 Å². The van der Waals surface area contributed by atoms with E-state index < -0.39 is 12.0 Å². The fourth-order valence-electron chi connectivity index (χ4n) is 4.93. The van der Waals surface area contributed by atoms with Crippen LogP contribution in [-0.4, -0.2) is 24.3 Å². The molecule has 0 amide bonds. The molecule has 0 spiro atoms. The summed E-state index contributed by atoms with van der Waals surface area (Å²) in [6.45, 7) is 1.91. The number of ether oxygens (including phenoxy) is 2. The maximum Gasteiger partial charge on any atom is 0.338 e. The number of carbonyl (C=O) groups is 1. The number of esters is 1. The second kappa shape index (κ2) is 12.1. The summed E-state index contributed by atoms with van der Waals surface area (Å²) in [5.74, 6) is 1.06. The van der Waals surface area contributed by atoms with Gasteiger partial charge in [-0.3, -0.25) is 9.36 Å². The molecule has 43 heavy (non-hydrogen) atoms. The van der Waals surface area contributed by atoms with Gasteiger partial charge in [0.15, 0.2) is 4.80 Å². The van der Waals surface area contributed by atoms with Gasteiger partial charge in [-0.1, -0.05) is 77.0 Å². The van der Waals surface area contributed by atoms with E-state index >= 15 is 0 Å². The average Bonchev–Trinajstić information content (AvgIpc) is 3.62. The summed E-state index contributed by atoms with van der Waals surface area (Å²) in [7, 11) is 1.58. The normalized spacial score (nSPS) is 14.8. The van der Waals surface area contributed by atoms with Crippen LogP contribution in [0.2, 0.25) is 10.0 Å². The Labute approximate surface area is 260 Å². The molecule has 10 heteroatoms. The van der Waals surface area contributed by atoms with E-state index in [0.717, 1.165) is 5.56 Å². The second-order valence-electron chi connectivity index (χ2n) is 9.53. The Kier molecular flexibility index (Phi) is 8.08.